The van der Waals surface area contributed by atoms with Crippen molar-refractivity contribution in [2.24, 2.45) is 0 Å². The van der Waals surface area contributed by atoms with Crippen molar-refractivity contribution >= 4 is 9.84 Å². The zero-order valence-corrected chi connectivity index (χ0v) is 12.4. The molecule has 1 aromatic heterocycles. The number of aromatic amines is 1. The van der Waals surface area contributed by atoms with Gasteiger partial charge in [0.05, 0.1) is 5.75 Å². The number of aliphatic hydroxyl groups is 1. The molecule has 2 N–H and O–H groups in total. The van der Waals surface area contributed by atoms with Gasteiger partial charge in [0, 0.05) is 12.2 Å². The summed E-state index contributed by atoms with van der Waals surface area (Å²) in [6.45, 7) is -0.162. The lowest BCUT2D eigenvalue weighted by molar-refractivity contribution is 0.295. The maximum atomic E-state index is 12.0. The predicted molar refractivity (Wildman–Crippen MR) is 77.6 cm³/mol. The summed E-state index contributed by atoms with van der Waals surface area (Å²) < 4.78 is 24.0. The molecule has 0 amide bonds. The largest absolute Gasteiger partial charge is 0.396 e. The molecule has 1 aliphatic rings. The van der Waals surface area contributed by atoms with E-state index in [0.717, 1.165) is 24.8 Å². The van der Waals surface area contributed by atoms with E-state index in [1.165, 1.54) is 11.1 Å². The summed E-state index contributed by atoms with van der Waals surface area (Å²) in [4.78, 5) is 4.09. The van der Waals surface area contributed by atoms with Crippen LogP contribution in [0.2, 0.25) is 0 Å². The van der Waals surface area contributed by atoms with Gasteiger partial charge in [-0.3, -0.25) is 0 Å². The molecule has 1 aliphatic carbocycles. The van der Waals surface area contributed by atoms with E-state index in [4.69, 9.17) is 5.11 Å². The summed E-state index contributed by atoms with van der Waals surface area (Å²) in [5, 5.41) is 15.1. The zero-order chi connectivity index (χ0) is 14.9. The third-order valence-corrected chi connectivity index (χ3v) is 5.29. The van der Waals surface area contributed by atoms with Crippen molar-refractivity contribution in [2.45, 2.75) is 30.8 Å². The first kappa shape index (κ1) is 14.2. The second-order valence-corrected chi connectivity index (χ2v) is 7.22. The quantitative estimate of drug-likeness (QED) is 0.863. The van der Waals surface area contributed by atoms with Crippen LogP contribution in [-0.2, 0) is 22.7 Å². The molecule has 0 atom stereocenters. The Balaban J connectivity index is 1.88. The molecule has 0 fully saturated rings. The molecule has 0 unspecified atom stereocenters. The van der Waals surface area contributed by atoms with Crippen LogP contribution in [0.4, 0.5) is 0 Å². The number of hydrogen-bond donors (Lipinski definition) is 2. The van der Waals surface area contributed by atoms with Gasteiger partial charge in [-0.2, -0.15) is 10.1 Å². The Hall–Kier alpha value is -1.73. The fourth-order valence-corrected chi connectivity index (χ4v) is 3.69. The highest BCUT2D eigenvalue weighted by Crippen LogP contribution is 2.26. The van der Waals surface area contributed by atoms with E-state index in [1.807, 2.05) is 12.1 Å². The van der Waals surface area contributed by atoms with Crippen LogP contribution in [0.5, 0.6) is 0 Å². The normalized spacial score (nSPS) is 14.3. The Morgan fingerprint density at radius 2 is 2.05 bits per heavy atom. The Morgan fingerprint density at radius 3 is 2.86 bits per heavy atom. The van der Waals surface area contributed by atoms with Crippen molar-refractivity contribution in [3.63, 3.8) is 0 Å². The topological polar surface area (TPSA) is 95.9 Å². The van der Waals surface area contributed by atoms with Gasteiger partial charge in [0.2, 0.25) is 15.0 Å². The molecule has 7 heteroatoms. The average molecular weight is 307 g/mol. The van der Waals surface area contributed by atoms with Gasteiger partial charge in [0.15, 0.2) is 5.82 Å². The number of sulfone groups is 1. The van der Waals surface area contributed by atoms with Crippen molar-refractivity contribution in [3.05, 3.63) is 29.3 Å². The maximum Gasteiger partial charge on any atom is 0.243 e. The van der Waals surface area contributed by atoms with Crippen molar-refractivity contribution in [1.82, 2.24) is 15.2 Å². The van der Waals surface area contributed by atoms with E-state index in [2.05, 4.69) is 21.2 Å². The third-order valence-electron chi connectivity index (χ3n) is 3.69. The van der Waals surface area contributed by atoms with Crippen LogP contribution < -0.4 is 0 Å². The van der Waals surface area contributed by atoms with Gasteiger partial charge in [-0.15, -0.1) is 0 Å². The van der Waals surface area contributed by atoms with Crippen LogP contribution in [0.3, 0.4) is 0 Å². The van der Waals surface area contributed by atoms with E-state index in [0.29, 0.717) is 5.82 Å². The molecule has 0 radical (unpaired) electrons. The molecule has 112 valence electrons. The second-order valence-electron chi connectivity index (χ2n) is 5.20. The number of aliphatic hydroxyl groups excluding tert-OH is 1. The fourth-order valence-electron chi connectivity index (χ4n) is 2.58. The number of H-pyrrole nitrogens is 1. The highest BCUT2D eigenvalue weighted by atomic mass is 32.2. The van der Waals surface area contributed by atoms with Crippen LogP contribution in [0.15, 0.2) is 23.4 Å². The maximum absolute atomic E-state index is 12.0. The molecule has 1 aromatic carbocycles. The van der Waals surface area contributed by atoms with E-state index in [1.54, 1.807) is 0 Å². The summed E-state index contributed by atoms with van der Waals surface area (Å²) >= 11 is 0. The molecule has 0 saturated carbocycles. The van der Waals surface area contributed by atoms with Crippen molar-refractivity contribution in [1.29, 1.82) is 0 Å². The number of fused-ring (bicyclic) bond motifs is 1. The van der Waals surface area contributed by atoms with E-state index >= 15 is 0 Å². The summed E-state index contributed by atoms with van der Waals surface area (Å²) in [5.74, 6) is 0.259. The highest BCUT2D eigenvalue weighted by molar-refractivity contribution is 7.91. The Morgan fingerprint density at radius 1 is 1.24 bits per heavy atom. The standard InChI is InChI=1S/C14H17N3O3S/c18-7-2-8-21(19,20)14-15-13(16-17-14)12-6-5-10-3-1-4-11(10)9-12/h5-6,9,18H,1-4,7-8H2,(H,15,16,17). The van der Waals surface area contributed by atoms with Crippen LogP contribution in [-0.4, -0.2) is 41.1 Å². The van der Waals surface area contributed by atoms with E-state index < -0.39 is 9.84 Å². The lowest BCUT2D eigenvalue weighted by Crippen LogP contribution is -2.10. The number of nitrogens with zero attached hydrogens (tertiary/aromatic N) is 2. The number of aryl methyl sites for hydroxylation is 2. The Bertz CT molecular complexity index is 753. The smallest absolute Gasteiger partial charge is 0.243 e. The van der Waals surface area contributed by atoms with Crippen molar-refractivity contribution < 1.29 is 13.5 Å². The molecular formula is C14H17N3O3S. The van der Waals surface area contributed by atoms with Gasteiger partial charge < -0.3 is 5.11 Å². The van der Waals surface area contributed by atoms with Crippen LogP contribution in [0, 0.1) is 0 Å². The highest BCUT2D eigenvalue weighted by Gasteiger charge is 2.20. The van der Waals surface area contributed by atoms with Gasteiger partial charge >= 0.3 is 0 Å². The number of aromatic nitrogens is 3. The molecule has 0 saturated heterocycles. The number of rotatable bonds is 5. The predicted octanol–water partition coefficient (Wildman–Crippen LogP) is 1.12. The Labute approximate surface area is 123 Å². The van der Waals surface area contributed by atoms with Gasteiger partial charge in [0.25, 0.3) is 0 Å². The molecule has 2 aromatic rings. The zero-order valence-electron chi connectivity index (χ0n) is 11.5. The molecule has 6 nitrogen and oxygen atoms in total. The first-order valence-corrected chi connectivity index (χ1v) is 8.63. The van der Waals surface area contributed by atoms with Crippen molar-refractivity contribution in [3.8, 4) is 11.4 Å². The molecule has 0 bridgehead atoms. The van der Waals surface area contributed by atoms with Crippen LogP contribution in [0.1, 0.15) is 24.0 Å². The summed E-state index contributed by atoms with van der Waals surface area (Å²) in [6, 6.07) is 6.03. The first-order chi connectivity index (χ1) is 10.1. The summed E-state index contributed by atoms with van der Waals surface area (Å²) in [5.41, 5.74) is 3.47. The van der Waals surface area contributed by atoms with Crippen molar-refractivity contribution in [2.75, 3.05) is 12.4 Å². The molecule has 1 heterocycles. The van der Waals surface area contributed by atoms with E-state index in [-0.39, 0.29) is 23.9 Å². The van der Waals surface area contributed by atoms with Crippen LogP contribution >= 0.6 is 0 Å². The second kappa shape index (κ2) is 5.57. The van der Waals surface area contributed by atoms with Gasteiger partial charge in [-0.25, -0.2) is 13.5 Å². The number of hydrogen-bond acceptors (Lipinski definition) is 5. The monoisotopic (exact) mass is 307 g/mol. The lowest BCUT2D eigenvalue weighted by atomic mass is 10.1. The SMILES string of the molecule is O=S(=O)(CCCO)c1nc(-c2ccc3c(c2)CCC3)n[nH]1. The number of benzene rings is 1. The summed E-state index contributed by atoms with van der Waals surface area (Å²) in [7, 11) is -3.51. The van der Waals surface area contributed by atoms with Crippen LogP contribution in [0.25, 0.3) is 11.4 Å². The minimum Gasteiger partial charge on any atom is -0.396 e. The molecule has 21 heavy (non-hydrogen) atoms. The minimum absolute atomic E-state index is 0.133. The molecule has 0 aliphatic heterocycles. The molecule has 0 spiro atoms. The molecular weight excluding hydrogens is 290 g/mol. The lowest BCUT2D eigenvalue weighted by Gasteiger charge is -2.01. The molecule has 3 rings (SSSR count). The first-order valence-electron chi connectivity index (χ1n) is 6.98. The minimum atomic E-state index is -3.51. The summed E-state index contributed by atoms with van der Waals surface area (Å²) in [6.07, 6.45) is 3.50. The van der Waals surface area contributed by atoms with Gasteiger partial charge in [-0.05, 0) is 42.9 Å². The fraction of sp³-hybridized carbons (Fsp3) is 0.429. The third kappa shape index (κ3) is 2.84. The van der Waals surface area contributed by atoms with Gasteiger partial charge in [-0.1, -0.05) is 12.1 Å². The Kier molecular flexibility index (Phi) is 3.77. The van der Waals surface area contributed by atoms with E-state index in [9.17, 15) is 8.42 Å². The number of nitrogens with one attached hydrogen (secondary N) is 1. The van der Waals surface area contributed by atoms with Gasteiger partial charge in [0.1, 0.15) is 0 Å². The average Bonchev–Trinajstić information content (AvgIpc) is 3.13.